The number of carbonyl (C=O) groups excluding carboxylic acids is 2. The second-order valence-corrected chi connectivity index (χ2v) is 6.05. The van der Waals surface area contributed by atoms with E-state index in [4.69, 9.17) is 4.74 Å². The van der Waals surface area contributed by atoms with E-state index in [0.717, 1.165) is 29.9 Å². The van der Waals surface area contributed by atoms with Crippen LogP contribution in [-0.2, 0) is 4.79 Å². The van der Waals surface area contributed by atoms with Gasteiger partial charge in [-0.1, -0.05) is 30.3 Å². The van der Waals surface area contributed by atoms with Gasteiger partial charge in [0.1, 0.15) is 11.3 Å². The first kappa shape index (κ1) is 16.0. The maximum Gasteiger partial charge on any atom is 0.259 e. The van der Waals surface area contributed by atoms with Gasteiger partial charge in [0.15, 0.2) is 12.9 Å². The van der Waals surface area contributed by atoms with Crippen molar-refractivity contribution in [3.05, 3.63) is 42.0 Å². The van der Waals surface area contributed by atoms with Crippen LogP contribution in [-0.4, -0.2) is 24.3 Å². The molecule has 1 aliphatic carbocycles. The molecule has 1 amide bonds. The summed E-state index contributed by atoms with van der Waals surface area (Å²) in [5.74, 6) is 0.0275. The lowest BCUT2D eigenvalue weighted by atomic mass is 10.00. The van der Waals surface area contributed by atoms with Gasteiger partial charge < -0.3 is 10.1 Å². The molecule has 0 aromatic heterocycles. The van der Waals surface area contributed by atoms with Crippen molar-refractivity contribution in [1.82, 2.24) is 5.32 Å². The maximum atomic E-state index is 12.1. The molecule has 3 rings (SSSR count). The van der Waals surface area contributed by atoms with Gasteiger partial charge in [-0.2, -0.15) is 5.26 Å². The van der Waals surface area contributed by atoms with E-state index in [0.29, 0.717) is 24.2 Å². The van der Waals surface area contributed by atoms with E-state index in [1.54, 1.807) is 6.07 Å². The lowest BCUT2D eigenvalue weighted by molar-refractivity contribution is -0.124. The molecule has 5 heteroatoms. The number of carbonyl (C=O) groups is 2. The molecule has 0 unspecified atom stereocenters. The summed E-state index contributed by atoms with van der Waals surface area (Å²) >= 11 is 0. The van der Waals surface area contributed by atoms with E-state index in [1.165, 1.54) is 0 Å². The molecule has 2 aromatic rings. The molecule has 2 aromatic carbocycles. The fraction of sp³-hybridized carbons (Fsp3) is 0.316. The smallest absolute Gasteiger partial charge is 0.259 e. The van der Waals surface area contributed by atoms with Crippen molar-refractivity contribution in [1.29, 1.82) is 5.26 Å². The van der Waals surface area contributed by atoms with Gasteiger partial charge in [-0.3, -0.25) is 9.59 Å². The van der Waals surface area contributed by atoms with E-state index in [2.05, 4.69) is 11.4 Å². The SMILES string of the molecule is N#CC1(NC(=O)COc2ccc3ccccc3c2C=O)CCCC1. The third-order valence-electron chi connectivity index (χ3n) is 4.46. The highest BCUT2D eigenvalue weighted by molar-refractivity contribution is 6.00. The third kappa shape index (κ3) is 3.09. The Morgan fingerprint density at radius 2 is 2.00 bits per heavy atom. The number of rotatable bonds is 5. The quantitative estimate of drug-likeness (QED) is 0.858. The Labute approximate surface area is 140 Å². The van der Waals surface area contributed by atoms with E-state index < -0.39 is 5.54 Å². The molecular weight excluding hydrogens is 304 g/mol. The zero-order valence-electron chi connectivity index (χ0n) is 13.2. The van der Waals surface area contributed by atoms with E-state index in [9.17, 15) is 14.9 Å². The highest BCUT2D eigenvalue weighted by Crippen LogP contribution is 2.29. The minimum atomic E-state index is -0.767. The predicted octanol–water partition coefficient (Wildman–Crippen LogP) is 2.98. The lowest BCUT2D eigenvalue weighted by Gasteiger charge is -2.22. The maximum absolute atomic E-state index is 12.1. The van der Waals surface area contributed by atoms with Gasteiger partial charge in [-0.15, -0.1) is 0 Å². The van der Waals surface area contributed by atoms with Gasteiger partial charge >= 0.3 is 0 Å². The minimum absolute atomic E-state index is 0.220. The van der Waals surface area contributed by atoms with Crippen molar-refractivity contribution in [3.8, 4) is 11.8 Å². The Bertz CT molecular complexity index is 817. The van der Waals surface area contributed by atoms with Crippen LogP contribution in [0, 0.1) is 11.3 Å². The predicted molar refractivity (Wildman–Crippen MR) is 89.8 cm³/mol. The van der Waals surface area contributed by atoms with Crippen LogP contribution in [0.2, 0.25) is 0 Å². The van der Waals surface area contributed by atoms with Crippen LogP contribution in [0.5, 0.6) is 5.75 Å². The fourth-order valence-corrected chi connectivity index (χ4v) is 3.21. The summed E-state index contributed by atoms with van der Waals surface area (Å²) in [6.45, 7) is -0.220. The standard InChI is InChI=1S/C19H18N2O3/c20-13-19(9-3-4-10-19)21-18(23)12-24-17-8-7-14-5-1-2-6-15(14)16(17)11-22/h1-2,5-8,11H,3-4,9-10,12H2,(H,21,23). The summed E-state index contributed by atoms with van der Waals surface area (Å²) in [6.07, 6.45) is 3.96. The summed E-state index contributed by atoms with van der Waals surface area (Å²) in [4.78, 5) is 23.6. The van der Waals surface area contributed by atoms with Gasteiger partial charge in [0, 0.05) is 0 Å². The normalized spacial score (nSPS) is 15.6. The number of nitrogens with one attached hydrogen (secondary N) is 1. The van der Waals surface area contributed by atoms with Gasteiger partial charge in [0.25, 0.3) is 5.91 Å². The summed E-state index contributed by atoms with van der Waals surface area (Å²) in [6, 6.07) is 13.3. The largest absolute Gasteiger partial charge is 0.483 e. The van der Waals surface area contributed by atoms with Crippen LogP contribution >= 0.6 is 0 Å². The number of nitriles is 1. The van der Waals surface area contributed by atoms with Gasteiger partial charge in [0.05, 0.1) is 11.6 Å². The zero-order chi connectivity index (χ0) is 17.0. The summed E-state index contributed by atoms with van der Waals surface area (Å²) in [5.41, 5.74) is -0.339. The first-order valence-corrected chi connectivity index (χ1v) is 7.99. The molecule has 5 nitrogen and oxygen atoms in total. The molecule has 0 bridgehead atoms. The van der Waals surface area contributed by atoms with Crippen LogP contribution in [0.25, 0.3) is 10.8 Å². The van der Waals surface area contributed by atoms with Crippen molar-refractivity contribution < 1.29 is 14.3 Å². The van der Waals surface area contributed by atoms with Crippen LogP contribution in [0.3, 0.4) is 0 Å². The van der Waals surface area contributed by atoms with Crippen molar-refractivity contribution in [2.75, 3.05) is 6.61 Å². The molecule has 24 heavy (non-hydrogen) atoms. The molecule has 1 aliphatic rings. The first-order valence-electron chi connectivity index (χ1n) is 7.99. The molecule has 0 atom stereocenters. The molecule has 1 N–H and O–H groups in total. The molecule has 0 saturated heterocycles. The fourth-order valence-electron chi connectivity index (χ4n) is 3.21. The summed E-state index contributed by atoms with van der Waals surface area (Å²) < 4.78 is 5.55. The number of aldehydes is 1. The molecule has 122 valence electrons. The van der Waals surface area contributed by atoms with Crippen LogP contribution < -0.4 is 10.1 Å². The highest BCUT2D eigenvalue weighted by atomic mass is 16.5. The molecule has 0 heterocycles. The second kappa shape index (κ2) is 6.71. The topological polar surface area (TPSA) is 79.2 Å². The van der Waals surface area contributed by atoms with E-state index >= 15 is 0 Å². The number of fused-ring (bicyclic) bond motifs is 1. The van der Waals surface area contributed by atoms with Crippen molar-refractivity contribution in [3.63, 3.8) is 0 Å². The number of hydrogen-bond acceptors (Lipinski definition) is 4. The van der Waals surface area contributed by atoms with Crippen LogP contribution in [0.4, 0.5) is 0 Å². The van der Waals surface area contributed by atoms with Gasteiger partial charge in [-0.25, -0.2) is 0 Å². The van der Waals surface area contributed by atoms with E-state index in [1.807, 2.05) is 30.3 Å². The molecule has 1 fully saturated rings. The summed E-state index contributed by atoms with van der Waals surface area (Å²) in [7, 11) is 0. The van der Waals surface area contributed by atoms with Crippen molar-refractivity contribution in [2.24, 2.45) is 0 Å². The first-order chi connectivity index (χ1) is 11.7. The second-order valence-electron chi connectivity index (χ2n) is 6.05. The molecular formula is C19H18N2O3. The molecule has 0 spiro atoms. The number of ether oxygens (including phenoxy) is 1. The Hall–Kier alpha value is -2.87. The number of amides is 1. The van der Waals surface area contributed by atoms with Crippen LogP contribution in [0.1, 0.15) is 36.0 Å². The Morgan fingerprint density at radius 3 is 2.71 bits per heavy atom. The van der Waals surface area contributed by atoms with Gasteiger partial charge in [-0.05, 0) is 42.5 Å². The zero-order valence-corrected chi connectivity index (χ0v) is 13.2. The van der Waals surface area contributed by atoms with Crippen LogP contribution in [0.15, 0.2) is 36.4 Å². The van der Waals surface area contributed by atoms with Crippen molar-refractivity contribution >= 4 is 23.0 Å². The molecule has 1 saturated carbocycles. The lowest BCUT2D eigenvalue weighted by Crippen LogP contribution is -2.47. The number of nitrogens with zero attached hydrogens (tertiary/aromatic N) is 1. The van der Waals surface area contributed by atoms with Gasteiger partial charge in [0.2, 0.25) is 0 Å². The Kier molecular flexibility index (Phi) is 4.48. The minimum Gasteiger partial charge on any atom is -0.483 e. The Morgan fingerprint density at radius 1 is 1.25 bits per heavy atom. The molecule has 0 aliphatic heterocycles. The Balaban J connectivity index is 1.73. The van der Waals surface area contributed by atoms with E-state index in [-0.39, 0.29) is 12.5 Å². The average molecular weight is 322 g/mol. The monoisotopic (exact) mass is 322 g/mol. The summed E-state index contributed by atoms with van der Waals surface area (Å²) in [5, 5.41) is 13.8. The highest BCUT2D eigenvalue weighted by Gasteiger charge is 2.35. The average Bonchev–Trinajstić information content (AvgIpc) is 3.08. The third-order valence-corrected chi connectivity index (χ3v) is 4.46. The number of hydrogen-bond donors (Lipinski definition) is 1. The van der Waals surface area contributed by atoms with Crippen molar-refractivity contribution in [2.45, 2.75) is 31.2 Å². The molecule has 0 radical (unpaired) electrons. The number of benzene rings is 2.